The number of hydrogen-bond donors (Lipinski definition) is 1. The highest BCUT2D eigenvalue weighted by molar-refractivity contribution is 5.94. The molecule has 0 spiro atoms. The molecule has 0 heterocycles. The van der Waals surface area contributed by atoms with E-state index in [1.807, 2.05) is 25.1 Å². The van der Waals surface area contributed by atoms with Crippen LogP contribution in [-0.4, -0.2) is 12.5 Å². The standard InChI is InChI=1S/C13H19NO/c1-3-6-11-7-5-8-12(10-11)13(15)14-9-4-2/h5,7-8,10H,3-4,6,9H2,1-2H3,(H,14,15). The van der Waals surface area contributed by atoms with E-state index < -0.39 is 0 Å². The first-order valence-corrected chi connectivity index (χ1v) is 5.65. The molecule has 0 aliphatic heterocycles. The summed E-state index contributed by atoms with van der Waals surface area (Å²) in [4.78, 5) is 11.6. The van der Waals surface area contributed by atoms with Crippen molar-refractivity contribution in [2.45, 2.75) is 33.1 Å². The Morgan fingerprint density at radius 3 is 2.73 bits per heavy atom. The van der Waals surface area contributed by atoms with Crippen molar-refractivity contribution in [2.75, 3.05) is 6.54 Å². The van der Waals surface area contributed by atoms with Gasteiger partial charge in [0.25, 0.3) is 5.91 Å². The predicted octanol–water partition coefficient (Wildman–Crippen LogP) is 2.78. The van der Waals surface area contributed by atoms with Crippen LogP contribution in [0.25, 0.3) is 0 Å². The van der Waals surface area contributed by atoms with Gasteiger partial charge in [0.15, 0.2) is 0 Å². The van der Waals surface area contributed by atoms with Crippen LogP contribution >= 0.6 is 0 Å². The van der Waals surface area contributed by atoms with E-state index in [2.05, 4.69) is 18.3 Å². The van der Waals surface area contributed by atoms with Gasteiger partial charge in [0.2, 0.25) is 0 Å². The second kappa shape index (κ2) is 6.23. The van der Waals surface area contributed by atoms with Crippen molar-refractivity contribution in [3.8, 4) is 0 Å². The van der Waals surface area contributed by atoms with Crippen LogP contribution in [0.3, 0.4) is 0 Å². The molecule has 1 N–H and O–H groups in total. The average molecular weight is 205 g/mol. The topological polar surface area (TPSA) is 29.1 Å². The van der Waals surface area contributed by atoms with E-state index in [0.29, 0.717) is 0 Å². The first kappa shape index (κ1) is 11.8. The van der Waals surface area contributed by atoms with Crippen LogP contribution in [0.5, 0.6) is 0 Å². The van der Waals surface area contributed by atoms with E-state index in [1.54, 1.807) is 0 Å². The maximum Gasteiger partial charge on any atom is 0.251 e. The van der Waals surface area contributed by atoms with E-state index in [-0.39, 0.29) is 5.91 Å². The number of nitrogens with one attached hydrogen (secondary N) is 1. The van der Waals surface area contributed by atoms with Crippen LogP contribution in [0.15, 0.2) is 24.3 Å². The van der Waals surface area contributed by atoms with E-state index in [9.17, 15) is 4.79 Å². The van der Waals surface area contributed by atoms with Crippen molar-refractivity contribution in [1.29, 1.82) is 0 Å². The Bertz CT molecular complexity index is 320. The van der Waals surface area contributed by atoms with Gasteiger partial charge in [-0.2, -0.15) is 0 Å². The number of benzene rings is 1. The molecule has 2 heteroatoms. The van der Waals surface area contributed by atoms with Gasteiger partial charge in [-0.05, 0) is 30.5 Å². The van der Waals surface area contributed by atoms with Gasteiger partial charge in [0, 0.05) is 12.1 Å². The zero-order chi connectivity index (χ0) is 11.1. The predicted molar refractivity (Wildman–Crippen MR) is 63.1 cm³/mol. The lowest BCUT2D eigenvalue weighted by Gasteiger charge is -2.05. The van der Waals surface area contributed by atoms with Gasteiger partial charge in [-0.3, -0.25) is 4.79 Å². The van der Waals surface area contributed by atoms with E-state index in [1.165, 1.54) is 5.56 Å². The SMILES string of the molecule is CCCNC(=O)c1cccc(CCC)c1. The molecule has 1 aromatic carbocycles. The van der Waals surface area contributed by atoms with Crippen molar-refractivity contribution in [1.82, 2.24) is 5.32 Å². The molecule has 82 valence electrons. The fourth-order valence-electron chi connectivity index (χ4n) is 1.50. The smallest absolute Gasteiger partial charge is 0.251 e. The number of aryl methyl sites for hydroxylation is 1. The first-order valence-electron chi connectivity index (χ1n) is 5.65. The second-order valence-corrected chi connectivity index (χ2v) is 3.71. The Balaban J connectivity index is 2.67. The molecule has 0 fully saturated rings. The van der Waals surface area contributed by atoms with Gasteiger partial charge in [0.05, 0.1) is 0 Å². The lowest BCUT2D eigenvalue weighted by Crippen LogP contribution is -2.23. The van der Waals surface area contributed by atoms with Gasteiger partial charge < -0.3 is 5.32 Å². The zero-order valence-electron chi connectivity index (χ0n) is 9.55. The maximum absolute atomic E-state index is 11.6. The van der Waals surface area contributed by atoms with Gasteiger partial charge in [-0.1, -0.05) is 32.4 Å². The third-order valence-corrected chi connectivity index (χ3v) is 2.26. The van der Waals surface area contributed by atoms with Crippen molar-refractivity contribution < 1.29 is 4.79 Å². The Morgan fingerprint density at radius 2 is 2.07 bits per heavy atom. The number of amides is 1. The van der Waals surface area contributed by atoms with E-state index in [0.717, 1.165) is 31.4 Å². The van der Waals surface area contributed by atoms with Crippen LogP contribution in [0, 0.1) is 0 Å². The van der Waals surface area contributed by atoms with Crippen molar-refractivity contribution in [2.24, 2.45) is 0 Å². The molecule has 0 atom stereocenters. The fourth-order valence-corrected chi connectivity index (χ4v) is 1.50. The van der Waals surface area contributed by atoms with Crippen molar-refractivity contribution in [3.63, 3.8) is 0 Å². The summed E-state index contributed by atoms with van der Waals surface area (Å²) in [5, 5.41) is 2.88. The number of rotatable bonds is 5. The van der Waals surface area contributed by atoms with E-state index in [4.69, 9.17) is 0 Å². The Morgan fingerprint density at radius 1 is 1.27 bits per heavy atom. The molecule has 0 aromatic heterocycles. The summed E-state index contributed by atoms with van der Waals surface area (Å²) in [6.07, 6.45) is 3.12. The van der Waals surface area contributed by atoms with Crippen LogP contribution in [-0.2, 0) is 6.42 Å². The molecular formula is C13H19NO. The van der Waals surface area contributed by atoms with E-state index >= 15 is 0 Å². The zero-order valence-corrected chi connectivity index (χ0v) is 9.55. The highest BCUT2D eigenvalue weighted by Gasteiger charge is 2.04. The summed E-state index contributed by atoms with van der Waals surface area (Å²) in [7, 11) is 0. The molecule has 0 saturated heterocycles. The molecule has 15 heavy (non-hydrogen) atoms. The number of carbonyl (C=O) groups excluding carboxylic acids is 1. The van der Waals surface area contributed by atoms with Crippen LogP contribution in [0.4, 0.5) is 0 Å². The molecule has 1 rings (SSSR count). The molecule has 0 unspecified atom stereocenters. The molecule has 0 saturated carbocycles. The quantitative estimate of drug-likeness (QED) is 0.786. The first-order chi connectivity index (χ1) is 7.27. The molecule has 0 aliphatic rings. The van der Waals surface area contributed by atoms with Crippen molar-refractivity contribution >= 4 is 5.91 Å². The number of carbonyl (C=O) groups is 1. The van der Waals surface area contributed by atoms with Crippen molar-refractivity contribution in [3.05, 3.63) is 35.4 Å². The largest absolute Gasteiger partial charge is 0.352 e. The lowest BCUT2D eigenvalue weighted by atomic mass is 10.1. The van der Waals surface area contributed by atoms with Crippen LogP contribution in [0.1, 0.15) is 42.6 Å². The monoisotopic (exact) mass is 205 g/mol. The molecule has 2 nitrogen and oxygen atoms in total. The Labute approximate surface area is 91.7 Å². The average Bonchev–Trinajstić information content (AvgIpc) is 2.27. The van der Waals surface area contributed by atoms with Gasteiger partial charge >= 0.3 is 0 Å². The third-order valence-electron chi connectivity index (χ3n) is 2.26. The summed E-state index contributed by atoms with van der Waals surface area (Å²) in [5.41, 5.74) is 2.01. The second-order valence-electron chi connectivity index (χ2n) is 3.71. The summed E-state index contributed by atoms with van der Waals surface area (Å²) in [6.45, 7) is 4.94. The number of hydrogen-bond acceptors (Lipinski definition) is 1. The third kappa shape index (κ3) is 3.74. The molecule has 0 radical (unpaired) electrons. The Kier molecular flexibility index (Phi) is 4.88. The van der Waals surface area contributed by atoms with Gasteiger partial charge in [-0.25, -0.2) is 0 Å². The highest BCUT2D eigenvalue weighted by atomic mass is 16.1. The molecule has 1 amide bonds. The summed E-state index contributed by atoms with van der Waals surface area (Å²) < 4.78 is 0. The minimum Gasteiger partial charge on any atom is -0.352 e. The van der Waals surface area contributed by atoms with Crippen LogP contribution in [0.2, 0.25) is 0 Å². The summed E-state index contributed by atoms with van der Waals surface area (Å²) in [6, 6.07) is 7.87. The lowest BCUT2D eigenvalue weighted by molar-refractivity contribution is 0.0953. The maximum atomic E-state index is 11.6. The molecule has 0 aliphatic carbocycles. The Hall–Kier alpha value is -1.31. The summed E-state index contributed by atoms with van der Waals surface area (Å²) in [5.74, 6) is 0.0369. The molecule has 1 aromatic rings. The highest BCUT2D eigenvalue weighted by Crippen LogP contribution is 2.07. The minimum atomic E-state index is 0.0369. The normalized spacial score (nSPS) is 10.0. The molecule has 0 bridgehead atoms. The summed E-state index contributed by atoms with van der Waals surface area (Å²) >= 11 is 0. The minimum absolute atomic E-state index is 0.0369. The fraction of sp³-hybridized carbons (Fsp3) is 0.462. The van der Waals surface area contributed by atoms with Gasteiger partial charge in [0.1, 0.15) is 0 Å². The molecular weight excluding hydrogens is 186 g/mol. The van der Waals surface area contributed by atoms with Crippen LogP contribution < -0.4 is 5.32 Å². The van der Waals surface area contributed by atoms with Gasteiger partial charge in [-0.15, -0.1) is 0 Å².